The van der Waals surface area contributed by atoms with Gasteiger partial charge in [-0.2, -0.15) is 0 Å². The SMILES string of the molecule is C[C@@H](O)c1ccc(N(C)Cc2cscn2)c([N+](=O)[O-])c1. The van der Waals surface area contributed by atoms with Gasteiger partial charge in [0.05, 0.1) is 28.8 Å². The van der Waals surface area contributed by atoms with Gasteiger partial charge in [-0.25, -0.2) is 4.98 Å². The first-order valence-electron chi connectivity index (χ1n) is 6.03. The first kappa shape index (κ1) is 14.4. The molecule has 106 valence electrons. The summed E-state index contributed by atoms with van der Waals surface area (Å²) in [5.74, 6) is 0. The quantitative estimate of drug-likeness (QED) is 0.677. The fourth-order valence-corrected chi connectivity index (χ4v) is 2.46. The van der Waals surface area contributed by atoms with Crippen molar-refractivity contribution in [2.24, 2.45) is 0 Å². The van der Waals surface area contributed by atoms with E-state index in [4.69, 9.17) is 0 Å². The molecule has 0 saturated heterocycles. The van der Waals surface area contributed by atoms with Crippen LogP contribution in [0.5, 0.6) is 0 Å². The van der Waals surface area contributed by atoms with E-state index in [1.54, 1.807) is 36.5 Å². The lowest BCUT2D eigenvalue weighted by Gasteiger charge is -2.18. The molecule has 0 saturated carbocycles. The molecule has 1 heterocycles. The van der Waals surface area contributed by atoms with E-state index in [1.165, 1.54) is 17.4 Å². The zero-order valence-corrected chi connectivity index (χ0v) is 12.0. The monoisotopic (exact) mass is 293 g/mol. The van der Waals surface area contributed by atoms with Gasteiger partial charge in [-0.1, -0.05) is 6.07 Å². The summed E-state index contributed by atoms with van der Waals surface area (Å²) in [4.78, 5) is 16.7. The number of nitrogens with zero attached hydrogens (tertiary/aromatic N) is 3. The van der Waals surface area contributed by atoms with Crippen LogP contribution in [0, 0.1) is 10.1 Å². The lowest BCUT2D eigenvalue weighted by atomic mass is 10.1. The number of rotatable bonds is 5. The molecular weight excluding hydrogens is 278 g/mol. The predicted octanol–water partition coefficient (Wildman–Crippen LogP) is 2.74. The minimum Gasteiger partial charge on any atom is -0.389 e. The Morgan fingerprint density at radius 2 is 2.30 bits per heavy atom. The molecule has 2 rings (SSSR count). The molecule has 0 fully saturated rings. The lowest BCUT2D eigenvalue weighted by Crippen LogP contribution is -2.18. The maximum absolute atomic E-state index is 11.2. The van der Waals surface area contributed by atoms with Gasteiger partial charge in [-0.3, -0.25) is 10.1 Å². The van der Waals surface area contributed by atoms with Crippen LogP contribution in [0.4, 0.5) is 11.4 Å². The highest BCUT2D eigenvalue weighted by atomic mass is 32.1. The normalized spacial score (nSPS) is 12.2. The van der Waals surface area contributed by atoms with Crippen molar-refractivity contribution in [3.8, 4) is 0 Å². The van der Waals surface area contributed by atoms with Crippen LogP contribution < -0.4 is 4.90 Å². The van der Waals surface area contributed by atoms with E-state index >= 15 is 0 Å². The van der Waals surface area contributed by atoms with E-state index in [2.05, 4.69) is 4.98 Å². The second kappa shape index (κ2) is 5.98. The first-order valence-corrected chi connectivity index (χ1v) is 6.98. The summed E-state index contributed by atoms with van der Waals surface area (Å²) in [7, 11) is 1.78. The van der Waals surface area contributed by atoms with E-state index in [1.807, 2.05) is 5.38 Å². The summed E-state index contributed by atoms with van der Waals surface area (Å²) in [6.45, 7) is 2.08. The van der Waals surface area contributed by atoms with Crippen molar-refractivity contribution in [1.82, 2.24) is 4.98 Å². The Kier molecular flexibility index (Phi) is 4.31. The summed E-state index contributed by atoms with van der Waals surface area (Å²) >= 11 is 1.49. The molecule has 0 aliphatic carbocycles. The van der Waals surface area contributed by atoms with Crippen molar-refractivity contribution in [2.75, 3.05) is 11.9 Å². The number of thiazole rings is 1. The molecule has 1 aromatic heterocycles. The van der Waals surface area contributed by atoms with Crippen molar-refractivity contribution in [3.05, 3.63) is 50.5 Å². The molecule has 0 bridgehead atoms. The van der Waals surface area contributed by atoms with Crippen LogP contribution in [0.1, 0.15) is 24.3 Å². The third-order valence-corrected chi connectivity index (χ3v) is 3.61. The second-order valence-electron chi connectivity index (χ2n) is 4.52. The number of nitro benzene ring substituents is 1. The Balaban J connectivity index is 2.32. The van der Waals surface area contributed by atoms with Gasteiger partial charge >= 0.3 is 0 Å². The van der Waals surface area contributed by atoms with Crippen molar-refractivity contribution < 1.29 is 10.0 Å². The number of anilines is 1. The molecule has 0 aliphatic rings. The van der Waals surface area contributed by atoms with Crippen LogP contribution >= 0.6 is 11.3 Å². The molecule has 1 N–H and O–H groups in total. The molecular formula is C13H15N3O3S. The zero-order chi connectivity index (χ0) is 14.7. The number of hydrogen-bond donors (Lipinski definition) is 1. The molecule has 0 spiro atoms. The van der Waals surface area contributed by atoms with Gasteiger partial charge in [0.1, 0.15) is 5.69 Å². The van der Waals surface area contributed by atoms with Crippen LogP contribution in [0.3, 0.4) is 0 Å². The van der Waals surface area contributed by atoms with Crippen LogP contribution in [0.2, 0.25) is 0 Å². The van der Waals surface area contributed by atoms with Crippen molar-refractivity contribution in [1.29, 1.82) is 0 Å². The van der Waals surface area contributed by atoms with Gasteiger partial charge in [0.25, 0.3) is 5.69 Å². The Morgan fingerprint density at radius 1 is 1.55 bits per heavy atom. The molecule has 7 heteroatoms. The maximum Gasteiger partial charge on any atom is 0.292 e. The van der Waals surface area contributed by atoms with E-state index in [0.29, 0.717) is 17.8 Å². The smallest absolute Gasteiger partial charge is 0.292 e. The molecule has 0 radical (unpaired) electrons. The molecule has 1 atom stereocenters. The fourth-order valence-electron chi connectivity index (χ4n) is 1.91. The van der Waals surface area contributed by atoms with Crippen LogP contribution in [-0.2, 0) is 6.54 Å². The molecule has 0 unspecified atom stereocenters. The average Bonchev–Trinajstić information content (AvgIpc) is 2.90. The summed E-state index contributed by atoms with van der Waals surface area (Å²) in [6.07, 6.45) is -0.730. The predicted molar refractivity (Wildman–Crippen MR) is 78.0 cm³/mol. The minimum atomic E-state index is -0.730. The zero-order valence-electron chi connectivity index (χ0n) is 11.2. The summed E-state index contributed by atoms with van der Waals surface area (Å²) in [5.41, 5.74) is 3.62. The topological polar surface area (TPSA) is 79.5 Å². The van der Waals surface area contributed by atoms with Gasteiger partial charge in [-0.05, 0) is 18.6 Å². The largest absolute Gasteiger partial charge is 0.389 e. The standard InChI is InChI=1S/C13H15N3O3S/c1-9(17)10-3-4-12(13(5-10)16(18)19)15(2)6-11-7-20-8-14-11/h3-5,7-9,17H,6H2,1-2H3/t9-/m1/s1. The number of benzene rings is 1. The first-order chi connectivity index (χ1) is 9.49. The van der Waals surface area contributed by atoms with Gasteiger partial charge < -0.3 is 10.0 Å². The molecule has 6 nitrogen and oxygen atoms in total. The summed E-state index contributed by atoms with van der Waals surface area (Å²) < 4.78 is 0. The minimum absolute atomic E-state index is 0.0128. The van der Waals surface area contributed by atoms with Crippen LogP contribution in [0.15, 0.2) is 29.1 Å². The van der Waals surface area contributed by atoms with Crippen molar-refractivity contribution >= 4 is 22.7 Å². The van der Waals surface area contributed by atoms with Crippen LogP contribution in [0.25, 0.3) is 0 Å². The van der Waals surface area contributed by atoms with E-state index in [-0.39, 0.29) is 5.69 Å². The number of aliphatic hydroxyl groups excluding tert-OH is 1. The van der Waals surface area contributed by atoms with Gasteiger partial charge in [0.15, 0.2) is 0 Å². The molecule has 2 aromatic rings. The van der Waals surface area contributed by atoms with Gasteiger partial charge in [0, 0.05) is 18.5 Å². The molecule has 0 aliphatic heterocycles. The Labute approximate surface area is 120 Å². The Hall–Kier alpha value is -1.99. The van der Waals surface area contributed by atoms with Crippen LogP contribution in [-0.4, -0.2) is 22.1 Å². The number of aromatic nitrogens is 1. The van der Waals surface area contributed by atoms with Crippen molar-refractivity contribution in [2.45, 2.75) is 19.6 Å². The third kappa shape index (κ3) is 3.12. The molecule has 1 aromatic carbocycles. The highest BCUT2D eigenvalue weighted by Gasteiger charge is 2.19. The van der Waals surface area contributed by atoms with Gasteiger partial charge in [0.2, 0.25) is 0 Å². The highest BCUT2D eigenvalue weighted by molar-refractivity contribution is 7.07. The lowest BCUT2D eigenvalue weighted by molar-refractivity contribution is -0.384. The highest BCUT2D eigenvalue weighted by Crippen LogP contribution is 2.31. The Morgan fingerprint density at radius 3 is 2.85 bits per heavy atom. The van der Waals surface area contributed by atoms with E-state index in [0.717, 1.165) is 5.69 Å². The summed E-state index contributed by atoms with van der Waals surface area (Å²) in [6, 6.07) is 4.77. The molecule has 20 heavy (non-hydrogen) atoms. The summed E-state index contributed by atoms with van der Waals surface area (Å²) in [5, 5.41) is 22.6. The molecule has 0 amide bonds. The van der Waals surface area contributed by atoms with E-state index in [9.17, 15) is 15.2 Å². The second-order valence-corrected chi connectivity index (χ2v) is 5.24. The third-order valence-electron chi connectivity index (χ3n) is 2.97. The number of aliphatic hydroxyl groups is 1. The Bertz CT molecular complexity index is 599. The average molecular weight is 293 g/mol. The van der Waals surface area contributed by atoms with Gasteiger partial charge in [-0.15, -0.1) is 11.3 Å². The fraction of sp³-hybridized carbons (Fsp3) is 0.308. The number of hydrogen-bond acceptors (Lipinski definition) is 6. The van der Waals surface area contributed by atoms with E-state index < -0.39 is 11.0 Å². The number of nitro groups is 1. The van der Waals surface area contributed by atoms with Crippen molar-refractivity contribution in [3.63, 3.8) is 0 Å². The maximum atomic E-state index is 11.2.